The van der Waals surface area contributed by atoms with Crippen molar-refractivity contribution in [2.24, 2.45) is 5.92 Å². The Kier molecular flexibility index (Phi) is 12.9. The summed E-state index contributed by atoms with van der Waals surface area (Å²) < 4.78 is 4.93. The summed E-state index contributed by atoms with van der Waals surface area (Å²) in [6.07, 6.45) is 2.64. The van der Waals surface area contributed by atoms with Gasteiger partial charge >= 0.3 is 0 Å². The van der Waals surface area contributed by atoms with Crippen molar-refractivity contribution < 1.29 is 9.53 Å². The summed E-state index contributed by atoms with van der Waals surface area (Å²) in [7, 11) is 1.65. The van der Waals surface area contributed by atoms with Gasteiger partial charge < -0.3 is 15.4 Å². The number of piperidine rings is 1. The molecule has 1 atom stereocenters. The van der Waals surface area contributed by atoms with E-state index in [1.807, 2.05) is 12.1 Å². The fourth-order valence-electron chi connectivity index (χ4n) is 2.96. The molecule has 0 aromatic heterocycles. The van der Waals surface area contributed by atoms with Crippen LogP contribution in [0.15, 0.2) is 24.3 Å². The second kappa shape index (κ2) is 13.4. The Bertz CT molecular complexity index is 486. The minimum absolute atomic E-state index is 0. The SMILES string of the molecule is COCCNCC(=O)Nc1ccc(CN2CCCC(C)C2)cc1.Cl.Cl. The van der Waals surface area contributed by atoms with Gasteiger partial charge in [0, 0.05) is 32.4 Å². The molecule has 1 amide bonds. The Morgan fingerprint density at radius 1 is 1.28 bits per heavy atom. The van der Waals surface area contributed by atoms with Crippen LogP contribution < -0.4 is 10.6 Å². The van der Waals surface area contributed by atoms with Gasteiger partial charge in [-0.1, -0.05) is 19.1 Å². The number of methoxy groups -OCH3 is 1. The van der Waals surface area contributed by atoms with Crippen LogP contribution in [0.1, 0.15) is 25.3 Å². The van der Waals surface area contributed by atoms with Gasteiger partial charge in [0.2, 0.25) is 5.91 Å². The molecule has 2 N–H and O–H groups in total. The summed E-state index contributed by atoms with van der Waals surface area (Å²) >= 11 is 0. The second-order valence-corrected chi connectivity index (χ2v) is 6.40. The van der Waals surface area contributed by atoms with E-state index >= 15 is 0 Å². The number of amides is 1. The number of hydrogen-bond acceptors (Lipinski definition) is 4. The number of carbonyl (C=O) groups excluding carboxylic acids is 1. The van der Waals surface area contributed by atoms with Crippen molar-refractivity contribution >= 4 is 36.4 Å². The maximum Gasteiger partial charge on any atom is 0.238 e. The van der Waals surface area contributed by atoms with E-state index in [9.17, 15) is 4.79 Å². The molecular formula is C18H31Cl2N3O2. The third kappa shape index (κ3) is 9.42. The third-order valence-corrected chi connectivity index (χ3v) is 4.15. The largest absolute Gasteiger partial charge is 0.383 e. The highest BCUT2D eigenvalue weighted by Crippen LogP contribution is 2.18. The number of benzene rings is 1. The molecule has 1 fully saturated rings. The van der Waals surface area contributed by atoms with Gasteiger partial charge in [0.25, 0.3) is 0 Å². The third-order valence-electron chi connectivity index (χ3n) is 4.15. The number of halogens is 2. The quantitative estimate of drug-likeness (QED) is 0.668. The van der Waals surface area contributed by atoms with Crippen LogP contribution in [0.3, 0.4) is 0 Å². The minimum atomic E-state index is -0.0290. The smallest absolute Gasteiger partial charge is 0.238 e. The van der Waals surface area contributed by atoms with Gasteiger partial charge in [-0.25, -0.2) is 0 Å². The van der Waals surface area contributed by atoms with Crippen LogP contribution in [0, 0.1) is 5.92 Å². The molecule has 7 heteroatoms. The maximum atomic E-state index is 11.8. The summed E-state index contributed by atoms with van der Waals surface area (Å²) in [6.45, 7) is 7.29. The average molecular weight is 392 g/mol. The number of anilines is 1. The summed E-state index contributed by atoms with van der Waals surface area (Å²) in [5.74, 6) is 0.770. The Labute approximate surface area is 163 Å². The van der Waals surface area contributed by atoms with Gasteiger partial charge in [-0.05, 0) is 43.0 Å². The highest BCUT2D eigenvalue weighted by atomic mass is 35.5. The van der Waals surface area contributed by atoms with E-state index < -0.39 is 0 Å². The molecule has 0 aliphatic carbocycles. The monoisotopic (exact) mass is 391 g/mol. The number of nitrogens with zero attached hydrogens (tertiary/aromatic N) is 1. The second-order valence-electron chi connectivity index (χ2n) is 6.40. The lowest BCUT2D eigenvalue weighted by Crippen LogP contribution is -2.33. The van der Waals surface area contributed by atoms with Crippen LogP contribution in [0.4, 0.5) is 5.69 Å². The van der Waals surface area contributed by atoms with Gasteiger partial charge in [-0.2, -0.15) is 0 Å². The number of nitrogens with one attached hydrogen (secondary N) is 2. The maximum absolute atomic E-state index is 11.8. The zero-order valence-electron chi connectivity index (χ0n) is 15.1. The molecule has 0 spiro atoms. The number of hydrogen-bond donors (Lipinski definition) is 2. The normalized spacial score (nSPS) is 17.3. The molecule has 5 nitrogen and oxygen atoms in total. The molecule has 0 radical (unpaired) electrons. The lowest BCUT2D eigenvalue weighted by atomic mass is 10.00. The van der Waals surface area contributed by atoms with Crippen LogP contribution in [0.5, 0.6) is 0 Å². The molecule has 0 bridgehead atoms. The number of likely N-dealkylation sites (tertiary alicyclic amines) is 1. The molecule has 1 aromatic carbocycles. The molecule has 25 heavy (non-hydrogen) atoms. The van der Waals surface area contributed by atoms with Crippen molar-refractivity contribution in [2.45, 2.75) is 26.3 Å². The van der Waals surface area contributed by atoms with Crippen molar-refractivity contribution in [2.75, 3.05) is 45.2 Å². The summed E-state index contributed by atoms with van der Waals surface area (Å²) in [4.78, 5) is 14.3. The zero-order chi connectivity index (χ0) is 16.5. The van der Waals surface area contributed by atoms with Gasteiger partial charge in [-0.15, -0.1) is 24.8 Å². The van der Waals surface area contributed by atoms with E-state index in [1.54, 1.807) is 7.11 Å². The van der Waals surface area contributed by atoms with Crippen molar-refractivity contribution in [3.63, 3.8) is 0 Å². The van der Waals surface area contributed by atoms with E-state index in [4.69, 9.17) is 4.74 Å². The summed E-state index contributed by atoms with van der Waals surface area (Å²) in [6, 6.07) is 8.17. The van der Waals surface area contributed by atoms with Crippen molar-refractivity contribution in [3.8, 4) is 0 Å². The lowest BCUT2D eigenvalue weighted by molar-refractivity contribution is -0.115. The van der Waals surface area contributed by atoms with Crippen LogP contribution in [-0.4, -0.2) is 50.7 Å². The number of carbonyl (C=O) groups is 1. The van der Waals surface area contributed by atoms with E-state index in [-0.39, 0.29) is 30.7 Å². The molecule has 144 valence electrons. The van der Waals surface area contributed by atoms with E-state index in [0.717, 1.165) is 18.2 Å². The van der Waals surface area contributed by atoms with Crippen LogP contribution in [-0.2, 0) is 16.1 Å². The zero-order valence-corrected chi connectivity index (χ0v) is 16.8. The van der Waals surface area contributed by atoms with Gasteiger partial charge in [-0.3, -0.25) is 9.69 Å². The number of rotatable bonds is 8. The highest BCUT2D eigenvalue weighted by molar-refractivity contribution is 5.92. The molecular weight excluding hydrogens is 361 g/mol. The topological polar surface area (TPSA) is 53.6 Å². The average Bonchev–Trinajstić information content (AvgIpc) is 2.54. The lowest BCUT2D eigenvalue weighted by Gasteiger charge is -2.30. The Morgan fingerprint density at radius 3 is 2.64 bits per heavy atom. The summed E-state index contributed by atoms with van der Waals surface area (Å²) in [5, 5.41) is 5.93. The Morgan fingerprint density at radius 2 is 2.00 bits per heavy atom. The first-order valence-electron chi connectivity index (χ1n) is 8.48. The van der Waals surface area contributed by atoms with Crippen LogP contribution in [0.25, 0.3) is 0 Å². The predicted molar refractivity (Wildman–Crippen MR) is 108 cm³/mol. The molecule has 1 aromatic rings. The molecule has 1 aliphatic rings. The highest BCUT2D eigenvalue weighted by Gasteiger charge is 2.16. The molecule has 1 saturated heterocycles. The predicted octanol–water partition coefficient (Wildman–Crippen LogP) is 2.94. The minimum Gasteiger partial charge on any atom is -0.383 e. The summed E-state index contributed by atoms with van der Waals surface area (Å²) in [5.41, 5.74) is 2.15. The van der Waals surface area contributed by atoms with Crippen LogP contribution >= 0.6 is 24.8 Å². The van der Waals surface area contributed by atoms with Crippen LogP contribution in [0.2, 0.25) is 0 Å². The first-order chi connectivity index (χ1) is 11.2. The Hall–Kier alpha value is -0.850. The fraction of sp³-hybridized carbons (Fsp3) is 0.611. The molecule has 0 saturated carbocycles. The standard InChI is InChI=1S/C18H29N3O2.2ClH/c1-15-4-3-10-21(13-15)14-16-5-7-17(8-6-16)20-18(22)12-19-9-11-23-2;;/h5-8,15,19H,3-4,9-14H2,1-2H3,(H,20,22);2*1H. The van der Waals surface area contributed by atoms with E-state index in [0.29, 0.717) is 19.7 Å². The van der Waals surface area contributed by atoms with Crippen molar-refractivity contribution in [1.82, 2.24) is 10.2 Å². The van der Waals surface area contributed by atoms with Gasteiger partial charge in [0.15, 0.2) is 0 Å². The molecule has 1 unspecified atom stereocenters. The first-order valence-corrected chi connectivity index (χ1v) is 8.48. The van der Waals surface area contributed by atoms with E-state index in [1.165, 1.54) is 31.5 Å². The molecule has 1 heterocycles. The molecule has 1 aliphatic heterocycles. The van der Waals surface area contributed by atoms with Gasteiger partial charge in [0.05, 0.1) is 13.2 Å². The van der Waals surface area contributed by atoms with E-state index in [2.05, 4.69) is 34.6 Å². The first kappa shape index (κ1) is 24.1. The van der Waals surface area contributed by atoms with Gasteiger partial charge in [0.1, 0.15) is 0 Å². The fourth-order valence-corrected chi connectivity index (χ4v) is 2.96. The van der Waals surface area contributed by atoms with Crippen molar-refractivity contribution in [1.29, 1.82) is 0 Å². The Balaban J connectivity index is 0.00000288. The van der Waals surface area contributed by atoms with Crippen molar-refractivity contribution in [3.05, 3.63) is 29.8 Å². The molecule has 2 rings (SSSR count). The number of ether oxygens (including phenoxy) is 1.